The maximum Gasteiger partial charge on any atom is 0.373 e. The van der Waals surface area contributed by atoms with Crippen LogP contribution in [-0.2, 0) is 9.59 Å². The van der Waals surface area contributed by atoms with Crippen LogP contribution in [0.5, 0.6) is 0 Å². The summed E-state index contributed by atoms with van der Waals surface area (Å²) in [5, 5.41) is 0. The third-order valence-corrected chi connectivity index (χ3v) is 1.28. The van der Waals surface area contributed by atoms with E-state index >= 15 is 0 Å². The predicted molar refractivity (Wildman–Crippen MR) is 43.3 cm³/mol. The van der Waals surface area contributed by atoms with Crippen LogP contribution in [0.3, 0.4) is 0 Å². The van der Waals surface area contributed by atoms with E-state index in [1.165, 1.54) is 0 Å². The van der Waals surface area contributed by atoms with Crippen molar-refractivity contribution in [3.05, 3.63) is 30.1 Å². The summed E-state index contributed by atoms with van der Waals surface area (Å²) in [7, 11) is 0. The second-order valence-electron chi connectivity index (χ2n) is 2.49. The molecule has 1 aromatic heterocycles. The van der Waals surface area contributed by atoms with E-state index in [1.54, 1.807) is 0 Å². The molecule has 1 heterocycles. The lowest BCUT2D eigenvalue weighted by Gasteiger charge is -2.00. The van der Waals surface area contributed by atoms with Gasteiger partial charge in [0, 0.05) is 11.9 Å². The smallest absolute Gasteiger partial charge is 0.261 e. The summed E-state index contributed by atoms with van der Waals surface area (Å²) in [5.74, 6) is 0.547. The van der Waals surface area contributed by atoms with Gasteiger partial charge in [-0.1, -0.05) is 19.9 Å². The van der Waals surface area contributed by atoms with Crippen molar-refractivity contribution < 1.29 is 9.59 Å². The molecule has 0 radical (unpaired) electrons. The fraction of sp³-hybridized carbons (Fsp3) is 0.333. The zero-order valence-electron chi connectivity index (χ0n) is 7.15. The van der Waals surface area contributed by atoms with E-state index in [0.29, 0.717) is 5.92 Å². The van der Waals surface area contributed by atoms with E-state index < -0.39 is 0 Å². The van der Waals surface area contributed by atoms with Crippen molar-refractivity contribution >= 4 is 6.15 Å². The van der Waals surface area contributed by atoms with E-state index in [-0.39, 0.29) is 6.15 Å². The van der Waals surface area contributed by atoms with Crippen molar-refractivity contribution in [2.24, 2.45) is 0 Å². The summed E-state index contributed by atoms with van der Waals surface area (Å²) in [5.41, 5.74) is 1.16. The second kappa shape index (κ2) is 6.25. The van der Waals surface area contributed by atoms with Gasteiger partial charge in [-0.3, -0.25) is 4.98 Å². The molecule has 0 spiro atoms. The first-order chi connectivity index (χ1) is 5.72. The largest absolute Gasteiger partial charge is 0.373 e. The Morgan fingerprint density at radius 3 is 2.17 bits per heavy atom. The molecule has 0 amide bonds. The minimum absolute atomic E-state index is 0.250. The van der Waals surface area contributed by atoms with Crippen LogP contribution < -0.4 is 0 Å². The Bertz CT molecular complexity index is 238. The molecule has 3 nitrogen and oxygen atoms in total. The average molecular weight is 165 g/mol. The molecular formula is C9H11NO2. The van der Waals surface area contributed by atoms with Crippen molar-refractivity contribution in [1.82, 2.24) is 4.98 Å². The first-order valence-electron chi connectivity index (χ1n) is 3.62. The minimum Gasteiger partial charge on any atom is -0.261 e. The van der Waals surface area contributed by atoms with Crippen molar-refractivity contribution in [3.63, 3.8) is 0 Å². The first-order valence-corrected chi connectivity index (χ1v) is 3.62. The first kappa shape index (κ1) is 10.5. The van der Waals surface area contributed by atoms with Crippen LogP contribution in [0.2, 0.25) is 0 Å². The molecule has 0 bridgehead atoms. The van der Waals surface area contributed by atoms with E-state index in [1.807, 2.05) is 24.4 Å². The summed E-state index contributed by atoms with van der Waals surface area (Å²) in [6.07, 6.45) is 2.08. The van der Waals surface area contributed by atoms with Gasteiger partial charge in [0.1, 0.15) is 0 Å². The molecule has 12 heavy (non-hydrogen) atoms. The van der Waals surface area contributed by atoms with Crippen molar-refractivity contribution in [2.75, 3.05) is 0 Å². The van der Waals surface area contributed by atoms with Gasteiger partial charge in [-0.2, -0.15) is 9.59 Å². The summed E-state index contributed by atoms with van der Waals surface area (Å²) in [6, 6.07) is 6.00. The highest BCUT2D eigenvalue weighted by Gasteiger charge is 1.95. The Hall–Kier alpha value is -1.47. The maximum absolute atomic E-state index is 8.12. The summed E-state index contributed by atoms with van der Waals surface area (Å²) >= 11 is 0. The number of carbonyl (C=O) groups excluding carboxylic acids is 2. The number of pyridine rings is 1. The van der Waals surface area contributed by atoms with Gasteiger partial charge < -0.3 is 0 Å². The molecule has 3 heteroatoms. The van der Waals surface area contributed by atoms with Gasteiger partial charge in [0.2, 0.25) is 0 Å². The lowest BCUT2D eigenvalue weighted by molar-refractivity contribution is -0.191. The second-order valence-corrected chi connectivity index (χ2v) is 2.49. The minimum atomic E-state index is 0.250. The quantitative estimate of drug-likeness (QED) is 0.635. The third kappa shape index (κ3) is 4.36. The Morgan fingerprint density at radius 2 is 1.92 bits per heavy atom. The molecule has 0 N–H and O–H groups in total. The highest BCUT2D eigenvalue weighted by atomic mass is 16.2. The number of aromatic nitrogens is 1. The highest BCUT2D eigenvalue weighted by molar-refractivity contribution is 5.20. The molecule has 0 atom stereocenters. The Morgan fingerprint density at radius 1 is 1.33 bits per heavy atom. The molecule has 0 aliphatic rings. The number of nitrogens with zero attached hydrogens (tertiary/aromatic N) is 1. The molecule has 1 rings (SSSR count). The molecule has 0 saturated heterocycles. The van der Waals surface area contributed by atoms with Crippen LogP contribution in [0, 0.1) is 0 Å². The van der Waals surface area contributed by atoms with E-state index in [9.17, 15) is 0 Å². The molecule has 0 unspecified atom stereocenters. The normalized spacial score (nSPS) is 8.25. The fourth-order valence-corrected chi connectivity index (χ4v) is 0.717. The van der Waals surface area contributed by atoms with E-state index in [4.69, 9.17) is 9.59 Å². The lowest BCUT2D eigenvalue weighted by Crippen LogP contribution is -1.88. The van der Waals surface area contributed by atoms with Crippen molar-refractivity contribution in [2.45, 2.75) is 19.8 Å². The Kier molecular flexibility index (Phi) is 5.49. The maximum atomic E-state index is 8.12. The van der Waals surface area contributed by atoms with Gasteiger partial charge in [0.05, 0.1) is 0 Å². The van der Waals surface area contributed by atoms with Crippen LogP contribution in [0.4, 0.5) is 0 Å². The Balaban J connectivity index is 0.000000354. The third-order valence-electron chi connectivity index (χ3n) is 1.28. The number of hydrogen-bond acceptors (Lipinski definition) is 3. The van der Waals surface area contributed by atoms with Crippen LogP contribution in [0.1, 0.15) is 25.5 Å². The lowest BCUT2D eigenvalue weighted by atomic mass is 10.1. The topological polar surface area (TPSA) is 47.0 Å². The number of rotatable bonds is 1. The molecule has 0 saturated carbocycles. The zero-order chi connectivity index (χ0) is 9.40. The molecule has 0 fully saturated rings. The standard InChI is InChI=1S/C8H11N.CO2/c1-7(2)8-5-3-4-6-9-8;2-1-3/h3-7H,1-2H3;. The fourth-order valence-electron chi connectivity index (χ4n) is 0.717. The number of hydrogen-bond donors (Lipinski definition) is 0. The average Bonchev–Trinajstić information content (AvgIpc) is 2.07. The zero-order valence-corrected chi connectivity index (χ0v) is 7.15. The molecule has 1 aromatic rings. The van der Waals surface area contributed by atoms with Gasteiger partial charge in [-0.25, -0.2) is 0 Å². The van der Waals surface area contributed by atoms with Gasteiger partial charge in [-0.15, -0.1) is 0 Å². The summed E-state index contributed by atoms with van der Waals surface area (Å²) < 4.78 is 0. The molecular weight excluding hydrogens is 154 g/mol. The van der Waals surface area contributed by atoms with Crippen LogP contribution in [-0.4, -0.2) is 11.1 Å². The van der Waals surface area contributed by atoms with Crippen LogP contribution in [0.25, 0.3) is 0 Å². The van der Waals surface area contributed by atoms with Gasteiger partial charge in [0.15, 0.2) is 0 Å². The van der Waals surface area contributed by atoms with Gasteiger partial charge in [0.25, 0.3) is 0 Å². The van der Waals surface area contributed by atoms with Crippen LogP contribution >= 0.6 is 0 Å². The molecule has 0 aliphatic heterocycles. The molecule has 0 aromatic carbocycles. The Labute approximate surface area is 71.4 Å². The van der Waals surface area contributed by atoms with Crippen molar-refractivity contribution in [3.8, 4) is 0 Å². The predicted octanol–water partition coefficient (Wildman–Crippen LogP) is 1.62. The summed E-state index contributed by atoms with van der Waals surface area (Å²) in [6.45, 7) is 4.28. The summed E-state index contributed by atoms with van der Waals surface area (Å²) in [4.78, 5) is 20.4. The van der Waals surface area contributed by atoms with Gasteiger partial charge >= 0.3 is 6.15 Å². The monoisotopic (exact) mass is 165 g/mol. The van der Waals surface area contributed by atoms with E-state index in [0.717, 1.165) is 5.69 Å². The molecule has 0 aliphatic carbocycles. The van der Waals surface area contributed by atoms with Crippen LogP contribution in [0.15, 0.2) is 24.4 Å². The highest BCUT2D eigenvalue weighted by Crippen LogP contribution is 2.08. The van der Waals surface area contributed by atoms with Crippen molar-refractivity contribution in [1.29, 1.82) is 0 Å². The molecule has 64 valence electrons. The van der Waals surface area contributed by atoms with E-state index in [2.05, 4.69) is 18.8 Å². The SMILES string of the molecule is CC(C)c1ccccn1.O=C=O. The van der Waals surface area contributed by atoms with Gasteiger partial charge in [-0.05, 0) is 18.1 Å².